The van der Waals surface area contributed by atoms with Crippen LogP contribution in [0.5, 0.6) is 0 Å². The van der Waals surface area contributed by atoms with Crippen molar-refractivity contribution in [3.63, 3.8) is 0 Å². The molecule has 0 atom stereocenters. The Morgan fingerprint density at radius 1 is 1.47 bits per heavy atom. The van der Waals surface area contributed by atoms with Crippen LogP contribution in [0.4, 0.5) is 0 Å². The number of carbonyl (C=O) groups is 1. The molecule has 1 heterocycles. The van der Waals surface area contributed by atoms with Crippen molar-refractivity contribution in [2.24, 2.45) is 5.41 Å². The molecule has 1 aliphatic rings. The van der Waals surface area contributed by atoms with Gasteiger partial charge in [-0.15, -0.1) is 0 Å². The molecule has 0 radical (unpaired) electrons. The first-order valence-electron chi connectivity index (χ1n) is 6.30. The molecule has 1 aromatic heterocycles. The second-order valence-corrected chi connectivity index (χ2v) is 5.32. The highest BCUT2D eigenvalue weighted by Crippen LogP contribution is 2.42. The van der Waals surface area contributed by atoms with Crippen LogP contribution in [-0.2, 0) is 11.2 Å². The van der Waals surface area contributed by atoms with Gasteiger partial charge in [0.2, 0.25) is 0 Å². The lowest BCUT2D eigenvalue weighted by atomic mass is 9.77. The average molecular weight is 252 g/mol. The van der Waals surface area contributed by atoms with E-state index in [9.17, 15) is 4.79 Å². The summed E-state index contributed by atoms with van der Waals surface area (Å²) in [4.78, 5) is 16.4. The zero-order chi connectivity index (χ0) is 12.3. The molecular formula is C14H18ClNO. The fraction of sp³-hybridized carbons (Fsp3) is 0.571. The maximum Gasteiger partial charge on any atom is 0.143 e. The van der Waals surface area contributed by atoms with Gasteiger partial charge in [-0.1, -0.05) is 31.4 Å². The van der Waals surface area contributed by atoms with E-state index in [1.807, 2.05) is 6.07 Å². The van der Waals surface area contributed by atoms with Crippen LogP contribution in [0.2, 0.25) is 5.02 Å². The summed E-state index contributed by atoms with van der Waals surface area (Å²) in [7, 11) is 0. The molecule has 1 fully saturated rings. The predicted molar refractivity (Wildman–Crippen MR) is 69.2 cm³/mol. The fourth-order valence-corrected chi connectivity index (χ4v) is 2.98. The molecule has 0 spiro atoms. The lowest BCUT2D eigenvalue weighted by molar-refractivity contribution is -0.128. The van der Waals surface area contributed by atoms with Gasteiger partial charge in [-0.05, 0) is 30.9 Å². The molecule has 1 saturated carbocycles. The minimum absolute atomic E-state index is 0.0768. The first-order valence-corrected chi connectivity index (χ1v) is 6.67. The van der Waals surface area contributed by atoms with E-state index >= 15 is 0 Å². The number of nitrogens with zero attached hydrogens (tertiary/aromatic N) is 1. The molecule has 0 aliphatic heterocycles. The van der Waals surface area contributed by atoms with E-state index in [-0.39, 0.29) is 5.41 Å². The van der Waals surface area contributed by atoms with Gasteiger partial charge in [0.25, 0.3) is 0 Å². The first-order chi connectivity index (χ1) is 8.18. The summed E-state index contributed by atoms with van der Waals surface area (Å²) in [5, 5.41) is 0.602. The van der Waals surface area contributed by atoms with E-state index in [0.29, 0.717) is 17.2 Å². The Hall–Kier alpha value is -0.890. The van der Waals surface area contributed by atoms with E-state index < -0.39 is 0 Å². The Morgan fingerprint density at radius 2 is 2.18 bits per heavy atom. The maximum atomic E-state index is 12.4. The van der Waals surface area contributed by atoms with Gasteiger partial charge in [0.05, 0.1) is 5.02 Å². The molecule has 1 aliphatic carbocycles. The van der Waals surface area contributed by atoms with E-state index in [1.54, 1.807) is 12.4 Å². The molecule has 0 N–H and O–H groups in total. The lowest BCUT2D eigenvalue weighted by Crippen LogP contribution is -2.28. The van der Waals surface area contributed by atoms with Gasteiger partial charge < -0.3 is 0 Å². The van der Waals surface area contributed by atoms with Gasteiger partial charge in [0.1, 0.15) is 5.78 Å². The highest BCUT2D eigenvalue weighted by Gasteiger charge is 2.38. The summed E-state index contributed by atoms with van der Waals surface area (Å²) < 4.78 is 0. The normalized spacial score (nSPS) is 18.2. The van der Waals surface area contributed by atoms with Crippen LogP contribution in [0.3, 0.4) is 0 Å². The fourth-order valence-electron chi connectivity index (χ4n) is 2.79. The molecule has 2 rings (SSSR count). The summed E-state index contributed by atoms with van der Waals surface area (Å²) >= 11 is 6.05. The molecule has 0 saturated heterocycles. The predicted octanol–water partition coefficient (Wildman–Crippen LogP) is 3.82. The Labute approximate surface area is 107 Å². The smallest absolute Gasteiger partial charge is 0.143 e. The quantitative estimate of drug-likeness (QED) is 0.814. The van der Waals surface area contributed by atoms with Gasteiger partial charge >= 0.3 is 0 Å². The van der Waals surface area contributed by atoms with E-state index in [2.05, 4.69) is 11.9 Å². The van der Waals surface area contributed by atoms with Crippen molar-refractivity contribution in [1.82, 2.24) is 4.98 Å². The van der Waals surface area contributed by atoms with Crippen molar-refractivity contribution in [3.8, 4) is 0 Å². The molecule has 1 aromatic rings. The number of Topliss-reactive ketones (excluding diaryl/α,β-unsaturated/α-hetero) is 1. The van der Waals surface area contributed by atoms with Crippen LogP contribution < -0.4 is 0 Å². The monoisotopic (exact) mass is 251 g/mol. The standard InChI is InChI=1S/C14H18ClNO/c1-2-14(6-3-4-7-14)13(17)9-11-5-8-16-10-12(11)15/h5,8,10H,2-4,6-7,9H2,1H3. The lowest BCUT2D eigenvalue weighted by Gasteiger charge is -2.25. The Bertz CT molecular complexity index is 410. The number of hydrogen-bond donors (Lipinski definition) is 0. The molecular weight excluding hydrogens is 234 g/mol. The Kier molecular flexibility index (Phi) is 3.82. The van der Waals surface area contributed by atoms with Gasteiger partial charge in [-0.25, -0.2) is 0 Å². The number of ketones is 1. The zero-order valence-electron chi connectivity index (χ0n) is 10.2. The summed E-state index contributed by atoms with van der Waals surface area (Å²) in [6.07, 6.45) is 9.17. The number of hydrogen-bond acceptors (Lipinski definition) is 2. The third-order valence-corrected chi connectivity index (χ3v) is 4.38. The van der Waals surface area contributed by atoms with Crippen LogP contribution in [0.25, 0.3) is 0 Å². The molecule has 0 amide bonds. The van der Waals surface area contributed by atoms with Crippen molar-refractivity contribution < 1.29 is 4.79 Å². The molecule has 3 heteroatoms. The molecule has 2 nitrogen and oxygen atoms in total. The van der Waals surface area contributed by atoms with Crippen molar-refractivity contribution in [3.05, 3.63) is 29.0 Å². The zero-order valence-corrected chi connectivity index (χ0v) is 11.0. The highest BCUT2D eigenvalue weighted by atomic mass is 35.5. The Morgan fingerprint density at radius 3 is 2.76 bits per heavy atom. The second-order valence-electron chi connectivity index (χ2n) is 4.91. The third kappa shape index (κ3) is 2.52. The van der Waals surface area contributed by atoms with Crippen molar-refractivity contribution in [2.45, 2.75) is 45.4 Å². The average Bonchev–Trinajstić information content (AvgIpc) is 2.82. The summed E-state index contributed by atoms with van der Waals surface area (Å²) in [6, 6.07) is 1.85. The van der Waals surface area contributed by atoms with E-state index in [0.717, 1.165) is 24.8 Å². The Balaban J connectivity index is 2.14. The largest absolute Gasteiger partial charge is 0.299 e. The number of rotatable bonds is 4. The molecule has 0 aromatic carbocycles. The number of pyridine rings is 1. The molecule has 17 heavy (non-hydrogen) atoms. The van der Waals surface area contributed by atoms with Crippen molar-refractivity contribution in [1.29, 1.82) is 0 Å². The topological polar surface area (TPSA) is 30.0 Å². The van der Waals surface area contributed by atoms with E-state index in [1.165, 1.54) is 12.8 Å². The molecule has 0 unspecified atom stereocenters. The minimum Gasteiger partial charge on any atom is -0.299 e. The first kappa shape index (κ1) is 12.6. The van der Waals surface area contributed by atoms with Crippen LogP contribution in [0.15, 0.2) is 18.5 Å². The van der Waals surface area contributed by atoms with E-state index in [4.69, 9.17) is 11.6 Å². The summed E-state index contributed by atoms with van der Waals surface area (Å²) in [5.41, 5.74) is 0.832. The minimum atomic E-state index is -0.0768. The number of carbonyl (C=O) groups excluding carboxylic acids is 1. The molecule has 92 valence electrons. The summed E-state index contributed by atoms with van der Waals surface area (Å²) in [6.45, 7) is 2.12. The maximum absolute atomic E-state index is 12.4. The number of aromatic nitrogens is 1. The van der Waals surface area contributed by atoms with Crippen LogP contribution in [0.1, 0.15) is 44.6 Å². The van der Waals surface area contributed by atoms with Gasteiger partial charge in [-0.2, -0.15) is 0 Å². The second kappa shape index (κ2) is 5.18. The van der Waals surface area contributed by atoms with Crippen molar-refractivity contribution in [2.75, 3.05) is 0 Å². The van der Waals surface area contributed by atoms with Crippen LogP contribution in [-0.4, -0.2) is 10.8 Å². The van der Waals surface area contributed by atoms with Gasteiger partial charge in [0.15, 0.2) is 0 Å². The number of halogens is 1. The van der Waals surface area contributed by atoms with Crippen LogP contribution in [0, 0.1) is 5.41 Å². The van der Waals surface area contributed by atoms with Crippen LogP contribution >= 0.6 is 11.6 Å². The highest BCUT2D eigenvalue weighted by molar-refractivity contribution is 6.31. The summed E-state index contributed by atoms with van der Waals surface area (Å²) in [5.74, 6) is 0.352. The van der Waals surface area contributed by atoms with Crippen molar-refractivity contribution >= 4 is 17.4 Å². The SMILES string of the molecule is CCC1(C(=O)Cc2ccncc2Cl)CCCC1. The van der Waals surface area contributed by atoms with Gasteiger partial charge in [0, 0.05) is 24.2 Å². The molecule has 0 bridgehead atoms. The van der Waals surface area contributed by atoms with Gasteiger partial charge in [-0.3, -0.25) is 9.78 Å². The third-order valence-electron chi connectivity index (χ3n) is 4.04.